The molecule has 0 amide bonds. The highest BCUT2D eigenvalue weighted by Gasteiger charge is 2.43. The smallest absolute Gasteiger partial charge is 0.0634 e. The predicted octanol–water partition coefficient (Wildman–Crippen LogP) is 3.19. The van der Waals surface area contributed by atoms with Gasteiger partial charge in [0.15, 0.2) is 0 Å². The molecule has 118 valence electrons. The maximum Gasteiger partial charge on any atom is 0.0634 e. The van der Waals surface area contributed by atoms with Crippen LogP contribution in [0.15, 0.2) is 0 Å². The Kier molecular flexibility index (Phi) is 5.49. The number of methoxy groups -OCH3 is 1. The lowest BCUT2D eigenvalue weighted by Crippen LogP contribution is -2.64. The largest absolute Gasteiger partial charge is 0.379 e. The Balaban J connectivity index is 1.98. The Morgan fingerprint density at radius 2 is 2.00 bits per heavy atom. The molecule has 0 radical (unpaired) electrons. The number of hydrogen-bond acceptors (Lipinski definition) is 3. The Morgan fingerprint density at radius 1 is 1.30 bits per heavy atom. The minimum absolute atomic E-state index is 0.00488. The van der Waals surface area contributed by atoms with E-state index >= 15 is 0 Å². The first-order chi connectivity index (χ1) is 9.51. The fraction of sp³-hybridized carbons (Fsp3) is 1.00. The molecule has 2 fully saturated rings. The van der Waals surface area contributed by atoms with Gasteiger partial charge in [-0.05, 0) is 39.5 Å². The fourth-order valence-electron chi connectivity index (χ4n) is 3.87. The molecule has 0 aromatic heterocycles. The zero-order chi connectivity index (χ0) is 14.6. The summed E-state index contributed by atoms with van der Waals surface area (Å²) in [6.07, 6.45) is 9.29. The number of piperazine rings is 1. The van der Waals surface area contributed by atoms with Crippen molar-refractivity contribution < 1.29 is 4.74 Å². The Labute approximate surface area is 125 Å². The van der Waals surface area contributed by atoms with Gasteiger partial charge in [-0.25, -0.2) is 0 Å². The molecule has 1 saturated heterocycles. The molecule has 2 rings (SSSR count). The molecular weight excluding hydrogens is 248 g/mol. The minimum Gasteiger partial charge on any atom is -0.379 e. The zero-order valence-corrected chi connectivity index (χ0v) is 14.0. The van der Waals surface area contributed by atoms with Crippen LogP contribution < -0.4 is 5.32 Å². The van der Waals surface area contributed by atoms with Gasteiger partial charge in [-0.1, -0.05) is 26.2 Å². The van der Waals surface area contributed by atoms with Gasteiger partial charge in [-0.15, -0.1) is 0 Å². The van der Waals surface area contributed by atoms with Crippen molar-refractivity contribution in [1.29, 1.82) is 0 Å². The van der Waals surface area contributed by atoms with Gasteiger partial charge < -0.3 is 10.1 Å². The molecule has 3 heteroatoms. The van der Waals surface area contributed by atoms with E-state index in [1.165, 1.54) is 58.2 Å². The number of ether oxygens (including phenoxy) is 1. The third-order valence-corrected chi connectivity index (χ3v) is 5.54. The second-order valence-corrected chi connectivity index (χ2v) is 7.46. The fourth-order valence-corrected chi connectivity index (χ4v) is 3.87. The lowest BCUT2D eigenvalue weighted by Gasteiger charge is -2.49. The Bertz CT molecular complexity index is 297. The summed E-state index contributed by atoms with van der Waals surface area (Å²) >= 11 is 0. The second kappa shape index (κ2) is 6.76. The summed E-state index contributed by atoms with van der Waals surface area (Å²) in [4.78, 5) is 2.80. The normalized spacial score (nSPS) is 27.3. The van der Waals surface area contributed by atoms with E-state index < -0.39 is 0 Å². The van der Waals surface area contributed by atoms with Crippen molar-refractivity contribution in [2.45, 2.75) is 82.9 Å². The van der Waals surface area contributed by atoms with Gasteiger partial charge in [0.2, 0.25) is 0 Å². The maximum absolute atomic E-state index is 5.61. The molecule has 1 heterocycles. The molecule has 0 aromatic rings. The summed E-state index contributed by atoms with van der Waals surface area (Å²) in [6, 6.07) is 0.692. The number of rotatable bonds is 6. The van der Waals surface area contributed by atoms with Crippen LogP contribution in [0.4, 0.5) is 0 Å². The molecule has 3 nitrogen and oxygen atoms in total. The summed E-state index contributed by atoms with van der Waals surface area (Å²) in [6.45, 7) is 10.3. The molecule has 0 aromatic carbocycles. The van der Waals surface area contributed by atoms with Gasteiger partial charge >= 0.3 is 0 Å². The van der Waals surface area contributed by atoms with Gasteiger partial charge in [-0.3, -0.25) is 4.90 Å². The molecule has 2 aliphatic rings. The number of hydrogen-bond donors (Lipinski definition) is 1. The Hall–Kier alpha value is -0.120. The van der Waals surface area contributed by atoms with Crippen LogP contribution in [0.1, 0.15) is 65.7 Å². The van der Waals surface area contributed by atoms with Gasteiger partial charge in [0.25, 0.3) is 0 Å². The summed E-state index contributed by atoms with van der Waals surface area (Å²) in [7, 11) is 1.84. The van der Waals surface area contributed by atoms with E-state index in [-0.39, 0.29) is 5.60 Å². The molecule has 1 atom stereocenters. The van der Waals surface area contributed by atoms with Gasteiger partial charge in [-0.2, -0.15) is 0 Å². The van der Waals surface area contributed by atoms with E-state index in [2.05, 4.69) is 31.0 Å². The van der Waals surface area contributed by atoms with Crippen molar-refractivity contribution in [1.82, 2.24) is 10.2 Å². The molecule has 20 heavy (non-hydrogen) atoms. The summed E-state index contributed by atoms with van der Waals surface area (Å²) in [5, 5.41) is 3.82. The lowest BCUT2D eigenvalue weighted by molar-refractivity contribution is -0.0177. The molecule has 1 unspecified atom stereocenters. The SMILES string of the molecule is CCCC1CN(CCC(C)(C)OC)C2(CCCC2)CN1. The predicted molar refractivity (Wildman–Crippen MR) is 85.2 cm³/mol. The Morgan fingerprint density at radius 3 is 2.60 bits per heavy atom. The van der Waals surface area contributed by atoms with E-state index in [9.17, 15) is 0 Å². The van der Waals surface area contributed by atoms with Gasteiger partial charge in [0.05, 0.1) is 5.60 Å². The third kappa shape index (κ3) is 3.75. The summed E-state index contributed by atoms with van der Waals surface area (Å²) in [5.74, 6) is 0. The van der Waals surface area contributed by atoms with Crippen LogP contribution in [-0.2, 0) is 4.74 Å². The maximum atomic E-state index is 5.61. The molecule has 1 saturated carbocycles. The standard InChI is InChI=1S/C17H34N2O/c1-5-8-15-13-19(12-11-16(2,3)20-4)17(14-18-15)9-6-7-10-17/h15,18H,5-14H2,1-4H3. The topological polar surface area (TPSA) is 24.5 Å². The third-order valence-electron chi connectivity index (χ3n) is 5.54. The van der Waals surface area contributed by atoms with Crippen molar-refractivity contribution >= 4 is 0 Å². The summed E-state index contributed by atoms with van der Waals surface area (Å²) in [5.41, 5.74) is 0.457. The highest BCUT2D eigenvalue weighted by molar-refractivity contribution is 5.02. The number of nitrogens with zero attached hydrogens (tertiary/aromatic N) is 1. The average Bonchev–Trinajstić information content (AvgIpc) is 2.89. The molecular formula is C17H34N2O. The van der Waals surface area contributed by atoms with Gasteiger partial charge in [0.1, 0.15) is 0 Å². The highest BCUT2D eigenvalue weighted by atomic mass is 16.5. The van der Waals surface area contributed by atoms with Crippen molar-refractivity contribution in [2.75, 3.05) is 26.7 Å². The molecule has 1 aliphatic heterocycles. The molecule has 1 spiro atoms. The first-order valence-corrected chi connectivity index (χ1v) is 8.55. The van der Waals surface area contributed by atoms with Crippen molar-refractivity contribution in [3.8, 4) is 0 Å². The quantitative estimate of drug-likeness (QED) is 0.810. The van der Waals surface area contributed by atoms with E-state index in [1.807, 2.05) is 7.11 Å². The van der Waals surface area contributed by atoms with Crippen LogP contribution in [0.3, 0.4) is 0 Å². The van der Waals surface area contributed by atoms with Crippen molar-refractivity contribution in [3.05, 3.63) is 0 Å². The van der Waals surface area contributed by atoms with E-state index in [0.29, 0.717) is 11.6 Å². The van der Waals surface area contributed by atoms with Crippen LogP contribution in [-0.4, -0.2) is 48.8 Å². The van der Waals surface area contributed by atoms with Gasteiger partial charge in [0, 0.05) is 38.3 Å². The summed E-state index contributed by atoms with van der Waals surface area (Å²) < 4.78 is 5.61. The monoisotopic (exact) mass is 282 g/mol. The first-order valence-electron chi connectivity index (χ1n) is 8.55. The van der Waals surface area contributed by atoms with E-state index in [1.54, 1.807) is 0 Å². The lowest BCUT2D eigenvalue weighted by atomic mass is 9.89. The van der Waals surface area contributed by atoms with Crippen LogP contribution in [0, 0.1) is 0 Å². The van der Waals surface area contributed by atoms with Crippen LogP contribution in [0.5, 0.6) is 0 Å². The minimum atomic E-state index is 0.00488. The zero-order valence-electron chi connectivity index (χ0n) is 14.0. The second-order valence-electron chi connectivity index (χ2n) is 7.46. The van der Waals surface area contributed by atoms with Crippen molar-refractivity contribution in [2.24, 2.45) is 0 Å². The number of nitrogens with one attached hydrogen (secondary N) is 1. The van der Waals surface area contributed by atoms with Crippen LogP contribution in [0.25, 0.3) is 0 Å². The van der Waals surface area contributed by atoms with Crippen LogP contribution in [0.2, 0.25) is 0 Å². The highest BCUT2D eigenvalue weighted by Crippen LogP contribution is 2.37. The molecule has 1 N–H and O–H groups in total. The van der Waals surface area contributed by atoms with E-state index in [4.69, 9.17) is 4.74 Å². The average molecular weight is 282 g/mol. The van der Waals surface area contributed by atoms with Crippen molar-refractivity contribution in [3.63, 3.8) is 0 Å². The van der Waals surface area contributed by atoms with Crippen LogP contribution >= 0.6 is 0 Å². The van der Waals surface area contributed by atoms with E-state index in [0.717, 1.165) is 6.42 Å². The molecule has 0 bridgehead atoms. The first kappa shape index (κ1) is 16.3. The molecule has 1 aliphatic carbocycles.